The molecule has 5 nitrogen and oxygen atoms in total. The van der Waals surface area contributed by atoms with E-state index in [0.29, 0.717) is 17.5 Å². The Labute approximate surface area is 310 Å². The predicted octanol–water partition coefficient (Wildman–Crippen LogP) is 12.7. The van der Waals surface area contributed by atoms with Crippen molar-refractivity contribution in [3.63, 3.8) is 0 Å². The molecular weight excluding hydrogens is 661 g/mol. The van der Waals surface area contributed by atoms with Crippen LogP contribution in [0.15, 0.2) is 186 Å². The van der Waals surface area contributed by atoms with Gasteiger partial charge in [-0.05, 0) is 46.8 Å². The third kappa shape index (κ3) is 4.76. The lowest BCUT2D eigenvalue weighted by Crippen LogP contribution is -2.00. The molecule has 0 N–H and O–H groups in total. The minimum atomic E-state index is 0.608. The van der Waals surface area contributed by atoms with Crippen molar-refractivity contribution in [2.75, 3.05) is 0 Å². The summed E-state index contributed by atoms with van der Waals surface area (Å²) in [4.78, 5) is 15.3. The van der Waals surface area contributed by atoms with E-state index in [1.165, 1.54) is 21.9 Å². The van der Waals surface area contributed by atoms with Crippen molar-refractivity contribution in [2.24, 2.45) is 0 Å². The first-order chi connectivity index (χ1) is 26.8. The van der Waals surface area contributed by atoms with Crippen molar-refractivity contribution >= 4 is 54.5 Å². The molecule has 0 aliphatic rings. The monoisotopic (exact) mass is 690 g/mol. The van der Waals surface area contributed by atoms with E-state index in [-0.39, 0.29) is 0 Å². The first-order valence-electron chi connectivity index (χ1n) is 18.1. The van der Waals surface area contributed by atoms with Crippen molar-refractivity contribution in [1.82, 2.24) is 19.5 Å². The molecule has 0 saturated heterocycles. The lowest BCUT2D eigenvalue weighted by atomic mass is 9.99. The van der Waals surface area contributed by atoms with Gasteiger partial charge in [0.25, 0.3) is 0 Å². The number of nitrogens with zero attached hydrogens (tertiary/aromatic N) is 4. The Kier molecular flexibility index (Phi) is 6.79. The van der Waals surface area contributed by atoms with Gasteiger partial charge in [-0.15, -0.1) is 0 Å². The van der Waals surface area contributed by atoms with E-state index in [2.05, 4.69) is 126 Å². The Morgan fingerprint density at radius 1 is 0.370 bits per heavy atom. The number of hydrogen-bond acceptors (Lipinski definition) is 4. The van der Waals surface area contributed by atoms with E-state index in [0.717, 1.165) is 66.1 Å². The molecule has 3 heterocycles. The quantitative estimate of drug-likeness (QED) is 0.180. The molecule has 0 atom stereocenters. The summed E-state index contributed by atoms with van der Waals surface area (Å²) >= 11 is 0. The highest BCUT2D eigenvalue weighted by molar-refractivity contribution is 6.21. The second kappa shape index (κ2) is 12.1. The molecule has 8 aromatic carbocycles. The number of fused-ring (bicyclic) bond motifs is 8. The van der Waals surface area contributed by atoms with E-state index in [9.17, 15) is 0 Å². The smallest absolute Gasteiger partial charge is 0.164 e. The highest BCUT2D eigenvalue weighted by atomic mass is 16.3. The molecule has 0 fully saturated rings. The number of aromatic nitrogens is 4. The Morgan fingerprint density at radius 3 is 1.65 bits per heavy atom. The first-order valence-corrected chi connectivity index (χ1v) is 18.1. The summed E-state index contributed by atoms with van der Waals surface area (Å²) in [6, 6.07) is 63.2. The summed E-state index contributed by atoms with van der Waals surface area (Å²) in [5.41, 5.74) is 10.1. The Morgan fingerprint density at radius 2 is 0.944 bits per heavy atom. The van der Waals surface area contributed by atoms with Crippen LogP contribution in [0.25, 0.3) is 105 Å². The predicted molar refractivity (Wildman–Crippen MR) is 221 cm³/mol. The zero-order valence-electron chi connectivity index (χ0n) is 29.0. The normalized spacial score (nSPS) is 11.7. The lowest BCUT2D eigenvalue weighted by Gasteiger charge is -2.12. The van der Waals surface area contributed by atoms with Crippen LogP contribution < -0.4 is 0 Å². The van der Waals surface area contributed by atoms with E-state index < -0.39 is 0 Å². The van der Waals surface area contributed by atoms with Gasteiger partial charge in [-0.3, -0.25) is 0 Å². The second-order valence-corrected chi connectivity index (χ2v) is 13.6. The number of furan rings is 1. The van der Waals surface area contributed by atoms with Gasteiger partial charge in [0.05, 0.1) is 22.1 Å². The molecule has 0 saturated carbocycles. The molecule has 0 spiro atoms. The van der Waals surface area contributed by atoms with Crippen LogP contribution >= 0.6 is 0 Å². The maximum atomic E-state index is 6.83. The summed E-state index contributed by atoms with van der Waals surface area (Å²) in [6.45, 7) is 0. The molecule has 3 aromatic heterocycles. The third-order valence-corrected chi connectivity index (χ3v) is 10.4. The number of rotatable bonds is 5. The molecule has 11 aromatic rings. The third-order valence-electron chi connectivity index (χ3n) is 10.4. The Balaban J connectivity index is 1.22. The second-order valence-electron chi connectivity index (χ2n) is 13.6. The van der Waals surface area contributed by atoms with Crippen LogP contribution in [0.3, 0.4) is 0 Å². The Bertz CT molecular complexity index is 3140. The minimum absolute atomic E-state index is 0.608. The minimum Gasteiger partial charge on any atom is -0.455 e. The van der Waals surface area contributed by atoms with Gasteiger partial charge in [-0.25, -0.2) is 15.0 Å². The molecule has 54 heavy (non-hydrogen) atoms. The topological polar surface area (TPSA) is 56.7 Å². The van der Waals surface area contributed by atoms with Crippen LogP contribution in [-0.4, -0.2) is 19.5 Å². The van der Waals surface area contributed by atoms with Gasteiger partial charge < -0.3 is 8.98 Å². The molecule has 0 bridgehead atoms. The average Bonchev–Trinajstić information content (AvgIpc) is 3.80. The summed E-state index contributed by atoms with van der Waals surface area (Å²) < 4.78 is 9.23. The van der Waals surface area contributed by atoms with Crippen molar-refractivity contribution in [3.05, 3.63) is 182 Å². The van der Waals surface area contributed by atoms with Gasteiger partial charge in [0.1, 0.15) is 11.2 Å². The fourth-order valence-electron chi connectivity index (χ4n) is 7.97. The average molecular weight is 691 g/mol. The molecule has 0 unspecified atom stereocenters. The zero-order valence-corrected chi connectivity index (χ0v) is 29.0. The van der Waals surface area contributed by atoms with Gasteiger partial charge in [-0.1, -0.05) is 152 Å². The highest BCUT2D eigenvalue weighted by Gasteiger charge is 2.22. The van der Waals surface area contributed by atoms with Gasteiger partial charge in [0.2, 0.25) is 0 Å². The van der Waals surface area contributed by atoms with Gasteiger partial charge in [0.15, 0.2) is 17.5 Å². The van der Waals surface area contributed by atoms with Crippen LogP contribution in [0.1, 0.15) is 0 Å². The summed E-state index contributed by atoms with van der Waals surface area (Å²) in [5.74, 6) is 1.86. The highest BCUT2D eigenvalue weighted by Crippen LogP contribution is 2.43. The van der Waals surface area contributed by atoms with Crippen LogP contribution in [0, 0.1) is 0 Å². The molecule has 252 valence electrons. The number of para-hydroxylation sites is 1. The van der Waals surface area contributed by atoms with Crippen LogP contribution in [0.5, 0.6) is 0 Å². The summed E-state index contributed by atoms with van der Waals surface area (Å²) in [6.07, 6.45) is 0. The number of hydrogen-bond donors (Lipinski definition) is 0. The van der Waals surface area contributed by atoms with Crippen molar-refractivity contribution in [3.8, 4) is 51.0 Å². The number of benzene rings is 8. The fraction of sp³-hybridized carbons (Fsp3) is 0. The van der Waals surface area contributed by atoms with E-state index in [1.807, 2.05) is 60.7 Å². The SMILES string of the molecule is c1ccc(-c2ccc3c4ccccc4n(-c4cccc5oc6c7ccccc7c(-c7nc(-c8ccccc8)nc(-c8ccccc8)n7)cc6c45)c3c2)cc1. The van der Waals surface area contributed by atoms with E-state index in [1.54, 1.807) is 0 Å². The molecular formula is C49H30N4O. The zero-order chi connectivity index (χ0) is 35.6. The molecule has 0 radical (unpaired) electrons. The Hall–Kier alpha value is -7.37. The van der Waals surface area contributed by atoms with Crippen molar-refractivity contribution in [2.45, 2.75) is 0 Å². The van der Waals surface area contributed by atoms with Crippen LogP contribution in [0.4, 0.5) is 0 Å². The maximum absolute atomic E-state index is 6.83. The van der Waals surface area contributed by atoms with Crippen LogP contribution in [-0.2, 0) is 0 Å². The van der Waals surface area contributed by atoms with Gasteiger partial charge in [0, 0.05) is 38.2 Å². The molecule has 0 aliphatic carbocycles. The molecule has 5 heteroatoms. The van der Waals surface area contributed by atoms with Crippen LogP contribution in [0.2, 0.25) is 0 Å². The maximum Gasteiger partial charge on any atom is 0.164 e. The summed E-state index contributed by atoms with van der Waals surface area (Å²) in [5, 5.41) is 6.46. The standard InChI is InChI=1S/C49H30N4O/c1-4-15-31(16-5-1)34-27-28-37-36-22-12-13-24-41(36)53(43(37)29-34)42-25-14-26-44-45(42)40-30-39(35-21-10-11-23-38(35)46(40)54-44)49-51-47(32-17-6-2-7-18-32)50-48(52-49)33-19-8-3-9-20-33/h1-30H. The first kappa shape index (κ1) is 30.3. The molecule has 0 aliphatic heterocycles. The van der Waals surface area contributed by atoms with Crippen molar-refractivity contribution in [1.29, 1.82) is 0 Å². The lowest BCUT2D eigenvalue weighted by molar-refractivity contribution is 0.672. The largest absolute Gasteiger partial charge is 0.455 e. The van der Waals surface area contributed by atoms with Crippen molar-refractivity contribution < 1.29 is 4.42 Å². The molecule has 11 rings (SSSR count). The van der Waals surface area contributed by atoms with Gasteiger partial charge >= 0.3 is 0 Å². The molecule has 0 amide bonds. The fourth-order valence-corrected chi connectivity index (χ4v) is 7.97. The summed E-state index contributed by atoms with van der Waals surface area (Å²) in [7, 11) is 0. The van der Waals surface area contributed by atoms with E-state index >= 15 is 0 Å². The van der Waals surface area contributed by atoms with E-state index in [4.69, 9.17) is 19.4 Å². The van der Waals surface area contributed by atoms with Gasteiger partial charge in [-0.2, -0.15) is 0 Å².